The van der Waals surface area contributed by atoms with Crippen LogP contribution in [-0.2, 0) is 6.54 Å². The molecule has 2 aromatic heterocycles. The summed E-state index contributed by atoms with van der Waals surface area (Å²) in [5.74, 6) is -0.0818. The summed E-state index contributed by atoms with van der Waals surface area (Å²) in [6.07, 6.45) is 0. The highest BCUT2D eigenvalue weighted by Gasteiger charge is 2.07. The van der Waals surface area contributed by atoms with Crippen LogP contribution in [0.25, 0.3) is 0 Å². The molecule has 5 nitrogen and oxygen atoms in total. The van der Waals surface area contributed by atoms with Crippen molar-refractivity contribution in [3.05, 3.63) is 39.7 Å². The van der Waals surface area contributed by atoms with E-state index in [1.54, 1.807) is 17.4 Å². The lowest BCUT2D eigenvalue weighted by Gasteiger charge is -2.09. The number of anilines is 2. The Kier molecular flexibility index (Phi) is 3.47. The highest BCUT2D eigenvalue weighted by atomic mass is 32.1. The molecule has 0 aliphatic carbocycles. The number of thiophene rings is 1. The van der Waals surface area contributed by atoms with Crippen molar-refractivity contribution in [1.82, 2.24) is 4.98 Å². The number of nitrogens with two attached hydrogens (primary N) is 2. The lowest BCUT2D eigenvalue weighted by Crippen LogP contribution is -2.15. The zero-order chi connectivity index (χ0) is 13.1. The molecule has 0 atom stereocenters. The summed E-state index contributed by atoms with van der Waals surface area (Å²) in [4.78, 5) is 15.1. The third-order valence-corrected chi connectivity index (χ3v) is 3.50. The fraction of sp³-hybridized carbons (Fsp3) is 0.167. The Hall–Kier alpha value is -2.08. The third kappa shape index (κ3) is 2.60. The van der Waals surface area contributed by atoms with Gasteiger partial charge in [0, 0.05) is 6.54 Å². The number of nitrogen functional groups attached to an aromatic ring is 1. The molecule has 0 saturated heterocycles. The molecule has 2 aromatic rings. The fourth-order valence-electron chi connectivity index (χ4n) is 1.50. The molecule has 0 fully saturated rings. The minimum absolute atomic E-state index is 0.203. The first kappa shape index (κ1) is 12.4. The van der Waals surface area contributed by atoms with Gasteiger partial charge in [-0.2, -0.15) is 11.3 Å². The maximum absolute atomic E-state index is 11.0. The molecule has 0 unspecified atom stereocenters. The molecule has 2 heterocycles. The van der Waals surface area contributed by atoms with Crippen molar-refractivity contribution in [1.29, 1.82) is 0 Å². The van der Waals surface area contributed by atoms with Gasteiger partial charge in [0.2, 0.25) is 0 Å². The number of carbonyl (C=O) groups excluding carboxylic acids is 1. The molecule has 6 heteroatoms. The van der Waals surface area contributed by atoms with Crippen molar-refractivity contribution in [2.75, 3.05) is 11.1 Å². The first-order chi connectivity index (χ1) is 8.58. The second-order valence-electron chi connectivity index (χ2n) is 3.93. The minimum Gasteiger partial charge on any atom is -0.396 e. The summed E-state index contributed by atoms with van der Waals surface area (Å²) in [7, 11) is 0. The van der Waals surface area contributed by atoms with Crippen LogP contribution >= 0.6 is 11.3 Å². The summed E-state index contributed by atoms with van der Waals surface area (Å²) in [5.41, 5.74) is 14.1. The molecule has 0 bridgehead atoms. The Balaban J connectivity index is 2.16. The van der Waals surface area contributed by atoms with E-state index >= 15 is 0 Å². The van der Waals surface area contributed by atoms with Crippen molar-refractivity contribution in [3.63, 3.8) is 0 Å². The molecular formula is C12H14N4OS. The van der Waals surface area contributed by atoms with Crippen molar-refractivity contribution in [3.8, 4) is 0 Å². The molecule has 5 N–H and O–H groups in total. The Morgan fingerprint density at radius 2 is 2.22 bits per heavy atom. The van der Waals surface area contributed by atoms with Crippen LogP contribution in [0.4, 0.5) is 11.5 Å². The van der Waals surface area contributed by atoms with Crippen LogP contribution in [0.3, 0.4) is 0 Å². The van der Waals surface area contributed by atoms with Crippen LogP contribution in [0.15, 0.2) is 22.9 Å². The number of nitrogens with one attached hydrogen (secondary N) is 1. The maximum atomic E-state index is 11.0. The van der Waals surface area contributed by atoms with Gasteiger partial charge in [0.05, 0.1) is 5.69 Å². The second-order valence-corrected chi connectivity index (χ2v) is 4.68. The number of hydrogen-bond acceptors (Lipinski definition) is 5. The normalized spacial score (nSPS) is 10.3. The van der Waals surface area contributed by atoms with Gasteiger partial charge in [0.15, 0.2) is 0 Å². The maximum Gasteiger partial charge on any atom is 0.267 e. The quantitative estimate of drug-likeness (QED) is 0.782. The first-order valence-electron chi connectivity index (χ1n) is 5.40. The number of aromatic nitrogens is 1. The zero-order valence-corrected chi connectivity index (χ0v) is 10.8. The zero-order valence-electron chi connectivity index (χ0n) is 9.93. The Morgan fingerprint density at radius 1 is 1.44 bits per heavy atom. The lowest BCUT2D eigenvalue weighted by molar-refractivity contribution is 0.0996. The highest BCUT2D eigenvalue weighted by molar-refractivity contribution is 7.08. The average molecular weight is 262 g/mol. The summed E-state index contributed by atoms with van der Waals surface area (Å²) < 4.78 is 0. The van der Waals surface area contributed by atoms with E-state index in [4.69, 9.17) is 11.5 Å². The fourth-order valence-corrected chi connectivity index (χ4v) is 2.35. The van der Waals surface area contributed by atoms with Crippen LogP contribution < -0.4 is 16.8 Å². The van der Waals surface area contributed by atoms with E-state index in [9.17, 15) is 4.79 Å². The summed E-state index contributed by atoms with van der Waals surface area (Å²) in [5, 5.41) is 7.26. The summed E-state index contributed by atoms with van der Waals surface area (Å²) in [6, 6.07) is 3.13. The van der Waals surface area contributed by atoms with E-state index in [2.05, 4.69) is 21.1 Å². The molecular weight excluding hydrogens is 248 g/mol. The molecule has 0 aliphatic rings. The molecule has 0 radical (unpaired) electrons. The topological polar surface area (TPSA) is 94.0 Å². The van der Waals surface area contributed by atoms with Crippen molar-refractivity contribution < 1.29 is 4.79 Å². The van der Waals surface area contributed by atoms with Crippen LogP contribution in [0.5, 0.6) is 0 Å². The van der Waals surface area contributed by atoms with Crippen LogP contribution in [-0.4, -0.2) is 10.9 Å². The Bertz CT molecular complexity index is 579. The number of carbonyl (C=O) groups is 1. The summed E-state index contributed by atoms with van der Waals surface area (Å²) >= 11 is 1.65. The second kappa shape index (κ2) is 5.05. The van der Waals surface area contributed by atoms with E-state index < -0.39 is 5.91 Å². The highest BCUT2D eigenvalue weighted by Crippen LogP contribution is 2.19. The predicted molar refractivity (Wildman–Crippen MR) is 73.5 cm³/mol. The van der Waals surface area contributed by atoms with Gasteiger partial charge in [-0.1, -0.05) is 0 Å². The van der Waals surface area contributed by atoms with Gasteiger partial charge in [0.25, 0.3) is 5.91 Å². The van der Waals surface area contributed by atoms with Gasteiger partial charge in [0.1, 0.15) is 11.5 Å². The molecule has 18 heavy (non-hydrogen) atoms. The van der Waals surface area contributed by atoms with Gasteiger partial charge in [-0.05, 0) is 40.9 Å². The van der Waals surface area contributed by atoms with E-state index in [1.807, 2.05) is 6.92 Å². The third-order valence-electron chi connectivity index (χ3n) is 2.59. The lowest BCUT2D eigenvalue weighted by atomic mass is 10.2. The first-order valence-corrected chi connectivity index (χ1v) is 6.34. The molecule has 0 saturated carbocycles. The number of amides is 1. The van der Waals surface area contributed by atoms with Gasteiger partial charge in [-0.15, -0.1) is 0 Å². The minimum atomic E-state index is -0.565. The van der Waals surface area contributed by atoms with Crippen molar-refractivity contribution in [2.24, 2.45) is 5.73 Å². The Labute approximate surface area is 109 Å². The molecule has 0 spiro atoms. The molecule has 1 amide bonds. The Morgan fingerprint density at radius 3 is 2.83 bits per heavy atom. The smallest absolute Gasteiger partial charge is 0.267 e. The number of aryl methyl sites for hydroxylation is 1. The van der Waals surface area contributed by atoms with E-state index in [-0.39, 0.29) is 5.69 Å². The number of hydrogen-bond donors (Lipinski definition) is 3. The largest absolute Gasteiger partial charge is 0.396 e. The average Bonchev–Trinajstić information content (AvgIpc) is 2.73. The van der Waals surface area contributed by atoms with Crippen molar-refractivity contribution in [2.45, 2.75) is 13.5 Å². The van der Waals surface area contributed by atoms with Crippen molar-refractivity contribution >= 4 is 28.7 Å². The summed E-state index contributed by atoms with van der Waals surface area (Å²) in [6.45, 7) is 2.67. The number of rotatable bonds is 4. The van der Waals surface area contributed by atoms with Gasteiger partial charge >= 0.3 is 0 Å². The van der Waals surface area contributed by atoms with Gasteiger partial charge in [-0.25, -0.2) is 4.98 Å². The molecule has 0 aliphatic heterocycles. The van der Waals surface area contributed by atoms with E-state index in [1.165, 1.54) is 17.2 Å². The number of pyridine rings is 1. The molecule has 0 aromatic carbocycles. The number of primary amides is 1. The van der Waals surface area contributed by atoms with E-state index in [0.29, 0.717) is 18.1 Å². The monoisotopic (exact) mass is 262 g/mol. The van der Waals surface area contributed by atoms with Gasteiger partial charge < -0.3 is 16.8 Å². The molecule has 94 valence electrons. The van der Waals surface area contributed by atoms with Crippen LogP contribution in [0.2, 0.25) is 0 Å². The van der Waals surface area contributed by atoms with Gasteiger partial charge in [-0.3, -0.25) is 4.79 Å². The van der Waals surface area contributed by atoms with E-state index in [0.717, 1.165) is 0 Å². The standard InChI is InChI=1S/C12H14N4OS/c1-7-5-18-6-8(7)4-15-12-9(13)2-3-10(16-12)11(14)17/h2-3,5-6H,4,13H2,1H3,(H2,14,17)(H,15,16). The molecule has 2 rings (SSSR count). The predicted octanol–water partition coefficient (Wildman–Crippen LogP) is 1.74. The number of nitrogens with zero attached hydrogens (tertiary/aromatic N) is 1. The van der Waals surface area contributed by atoms with Crippen LogP contribution in [0, 0.1) is 6.92 Å². The van der Waals surface area contributed by atoms with Crippen LogP contribution in [0.1, 0.15) is 21.6 Å². The SMILES string of the molecule is Cc1cscc1CNc1nc(C(N)=O)ccc1N.